The van der Waals surface area contributed by atoms with Gasteiger partial charge in [-0.1, -0.05) is 24.3 Å². The molecule has 0 saturated heterocycles. The monoisotopic (exact) mass is 446 g/mol. The van der Waals surface area contributed by atoms with Crippen LogP contribution in [0.5, 0.6) is 11.5 Å². The second kappa shape index (κ2) is 9.16. The number of rotatable bonds is 7. The topological polar surface area (TPSA) is 67.9 Å². The summed E-state index contributed by atoms with van der Waals surface area (Å²) in [5.41, 5.74) is 1.42. The largest absolute Gasteiger partial charge is 0.496 e. The molecule has 0 aliphatic carbocycles. The first kappa shape index (κ1) is 22.1. The summed E-state index contributed by atoms with van der Waals surface area (Å²) in [5, 5.41) is 3.08. The second-order valence-electron chi connectivity index (χ2n) is 7.69. The summed E-state index contributed by atoms with van der Waals surface area (Å²) in [6.45, 7) is 3.86. The Balaban J connectivity index is 1.78. The van der Waals surface area contributed by atoms with E-state index in [9.17, 15) is 14.0 Å². The minimum Gasteiger partial charge on any atom is -0.496 e. The van der Waals surface area contributed by atoms with Crippen LogP contribution in [0, 0.1) is 5.82 Å². The number of amides is 2. The lowest BCUT2D eigenvalue weighted by Crippen LogP contribution is -2.32. The van der Waals surface area contributed by atoms with Crippen molar-refractivity contribution >= 4 is 28.8 Å². The number of hydrogen-bond acceptors (Lipinski definition) is 5. The number of ether oxygens (including phenoxy) is 2. The fraction of sp³-hybridized carbons (Fsp3) is 0.154. The van der Waals surface area contributed by atoms with E-state index in [1.807, 2.05) is 13.8 Å². The Kier molecular flexibility index (Phi) is 6.13. The highest BCUT2D eigenvalue weighted by molar-refractivity contribution is 6.46. The summed E-state index contributed by atoms with van der Waals surface area (Å²) >= 11 is 0. The Morgan fingerprint density at radius 3 is 2.30 bits per heavy atom. The minimum atomic E-state index is -0.589. The van der Waals surface area contributed by atoms with Crippen molar-refractivity contribution in [3.63, 3.8) is 0 Å². The molecule has 1 heterocycles. The second-order valence-corrected chi connectivity index (χ2v) is 7.69. The summed E-state index contributed by atoms with van der Waals surface area (Å²) in [4.78, 5) is 27.9. The molecular formula is C26H23FN2O4. The van der Waals surface area contributed by atoms with Gasteiger partial charge in [-0.05, 0) is 62.4 Å². The van der Waals surface area contributed by atoms with E-state index in [0.717, 1.165) is 11.0 Å². The van der Waals surface area contributed by atoms with E-state index in [4.69, 9.17) is 9.47 Å². The zero-order valence-corrected chi connectivity index (χ0v) is 18.5. The van der Waals surface area contributed by atoms with Gasteiger partial charge >= 0.3 is 0 Å². The van der Waals surface area contributed by atoms with Gasteiger partial charge in [0.1, 0.15) is 23.0 Å². The Hall–Kier alpha value is -4.13. The molecule has 4 rings (SSSR count). The predicted octanol–water partition coefficient (Wildman–Crippen LogP) is 5.02. The Morgan fingerprint density at radius 1 is 0.909 bits per heavy atom. The maximum Gasteiger partial charge on any atom is 0.282 e. The fourth-order valence-electron chi connectivity index (χ4n) is 3.63. The highest BCUT2D eigenvalue weighted by Crippen LogP contribution is 2.37. The molecule has 1 N–H and O–H groups in total. The molecule has 0 fully saturated rings. The molecule has 0 spiro atoms. The van der Waals surface area contributed by atoms with Gasteiger partial charge in [-0.25, -0.2) is 9.29 Å². The third kappa shape index (κ3) is 4.43. The lowest BCUT2D eigenvalue weighted by Gasteiger charge is -2.15. The van der Waals surface area contributed by atoms with Crippen LogP contribution < -0.4 is 19.7 Å². The van der Waals surface area contributed by atoms with E-state index in [1.54, 1.807) is 48.5 Å². The van der Waals surface area contributed by atoms with Crippen molar-refractivity contribution in [3.05, 3.63) is 89.9 Å². The number of halogens is 1. The number of carbonyl (C=O) groups excluding carboxylic acids is 2. The van der Waals surface area contributed by atoms with Crippen LogP contribution in [0.15, 0.2) is 78.5 Å². The van der Waals surface area contributed by atoms with Crippen LogP contribution in [0.3, 0.4) is 0 Å². The number of nitrogens with zero attached hydrogens (tertiary/aromatic N) is 1. The Bertz CT molecular complexity index is 1240. The van der Waals surface area contributed by atoms with Crippen molar-refractivity contribution in [2.24, 2.45) is 0 Å². The molecule has 2 amide bonds. The smallest absolute Gasteiger partial charge is 0.282 e. The molecule has 0 radical (unpaired) electrons. The number of benzene rings is 3. The lowest BCUT2D eigenvalue weighted by molar-refractivity contribution is -0.120. The average Bonchev–Trinajstić information content (AvgIpc) is 3.03. The normalized spacial score (nSPS) is 13.7. The summed E-state index contributed by atoms with van der Waals surface area (Å²) < 4.78 is 25.0. The van der Waals surface area contributed by atoms with Gasteiger partial charge < -0.3 is 14.8 Å². The highest BCUT2D eigenvalue weighted by Gasteiger charge is 2.41. The van der Waals surface area contributed by atoms with E-state index < -0.39 is 17.6 Å². The third-order valence-corrected chi connectivity index (χ3v) is 5.02. The number of nitrogens with one attached hydrogen (secondary N) is 1. The van der Waals surface area contributed by atoms with E-state index in [0.29, 0.717) is 22.7 Å². The number of methoxy groups -OCH3 is 1. The van der Waals surface area contributed by atoms with Crippen molar-refractivity contribution in [1.29, 1.82) is 0 Å². The Labute approximate surface area is 191 Å². The molecule has 0 bridgehead atoms. The van der Waals surface area contributed by atoms with Crippen molar-refractivity contribution in [2.45, 2.75) is 20.0 Å². The molecule has 3 aromatic carbocycles. The van der Waals surface area contributed by atoms with Gasteiger partial charge in [-0.15, -0.1) is 0 Å². The van der Waals surface area contributed by atoms with Crippen LogP contribution in [-0.2, 0) is 9.59 Å². The predicted molar refractivity (Wildman–Crippen MR) is 125 cm³/mol. The van der Waals surface area contributed by atoms with Gasteiger partial charge in [0, 0.05) is 11.3 Å². The number of para-hydroxylation sites is 1. The third-order valence-electron chi connectivity index (χ3n) is 5.02. The van der Waals surface area contributed by atoms with E-state index in [1.165, 1.54) is 25.3 Å². The number of hydrogen-bond donors (Lipinski definition) is 1. The minimum absolute atomic E-state index is 0.0255. The van der Waals surface area contributed by atoms with Crippen LogP contribution in [0.25, 0.3) is 5.57 Å². The standard InChI is InChI=1S/C26H23FN2O4/c1-16(2)33-20-13-11-18(12-14-20)28-24-23(21-9-4-5-10-22(21)32-3)25(30)29(26(24)31)19-8-6-7-17(27)15-19/h4-16,28H,1-3H3. The van der Waals surface area contributed by atoms with Gasteiger partial charge in [0.05, 0.1) is 24.5 Å². The summed E-state index contributed by atoms with van der Waals surface area (Å²) in [6.07, 6.45) is 0.0255. The average molecular weight is 446 g/mol. The molecule has 168 valence electrons. The molecule has 0 aromatic heterocycles. The van der Waals surface area contributed by atoms with Crippen LogP contribution in [0.4, 0.5) is 15.8 Å². The Morgan fingerprint density at radius 2 is 1.64 bits per heavy atom. The van der Waals surface area contributed by atoms with Crippen molar-refractivity contribution < 1.29 is 23.5 Å². The number of imide groups is 1. The fourth-order valence-corrected chi connectivity index (χ4v) is 3.63. The molecule has 0 atom stereocenters. The first-order valence-electron chi connectivity index (χ1n) is 10.4. The van der Waals surface area contributed by atoms with E-state index >= 15 is 0 Å². The molecule has 33 heavy (non-hydrogen) atoms. The summed E-state index contributed by atoms with van der Waals surface area (Å²) in [6, 6.07) is 19.4. The van der Waals surface area contributed by atoms with Crippen molar-refractivity contribution in [2.75, 3.05) is 17.3 Å². The number of carbonyl (C=O) groups is 2. The molecule has 1 aliphatic rings. The van der Waals surface area contributed by atoms with E-state index in [-0.39, 0.29) is 23.1 Å². The van der Waals surface area contributed by atoms with Gasteiger partial charge in [0.25, 0.3) is 11.8 Å². The zero-order valence-electron chi connectivity index (χ0n) is 18.5. The van der Waals surface area contributed by atoms with Crippen LogP contribution in [-0.4, -0.2) is 25.0 Å². The molecule has 1 aliphatic heterocycles. The van der Waals surface area contributed by atoms with Gasteiger partial charge in [-0.3, -0.25) is 9.59 Å². The molecule has 0 unspecified atom stereocenters. The maximum absolute atomic E-state index is 13.9. The molecule has 0 saturated carbocycles. The molecule has 3 aromatic rings. The lowest BCUT2D eigenvalue weighted by atomic mass is 10.0. The SMILES string of the molecule is COc1ccccc1C1=C(Nc2ccc(OC(C)C)cc2)C(=O)N(c2cccc(F)c2)C1=O. The zero-order chi connectivity index (χ0) is 23.5. The number of anilines is 2. The highest BCUT2D eigenvalue weighted by atomic mass is 19.1. The van der Waals surface area contributed by atoms with Gasteiger partial charge in [0.15, 0.2) is 0 Å². The molecule has 7 heteroatoms. The van der Waals surface area contributed by atoms with Gasteiger partial charge in [-0.2, -0.15) is 0 Å². The first-order valence-corrected chi connectivity index (χ1v) is 10.4. The first-order chi connectivity index (χ1) is 15.9. The summed E-state index contributed by atoms with van der Waals surface area (Å²) in [7, 11) is 1.49. The van der Waals surface area contributed by atoms with E-state index in [2.05, 4.69) is 5.32 Å². The van der Waals surface area contributed by atoms with Crippen molar-refractivity contribution in [1.82, 2.24) is 0 Å². The van der Waals surface area contributed by atoms with Gasteiger partial charge in [0.2, 0.25) is 0 Å². The van der Waals surface area contributed by atoms with Crippen LogP contribution in [0.1, 0.15) is 19.4 Å². The van der Waals surface area contributed by atoms with Crippen LogP contribution in [0.2, 0.25) is 0 Å². The maximum atomic E-state index is 13.9. The molecule has 6 nitrogen and oxygen atoms in total. The van der Waals surface area contributed by atoms with Crippen LogP contribution >= 0.6 is 0 Å². The summed E-state index contributed by atoms with van der Waals surface area (Å²) in [5.74, 6) is -0.583. The van der Waals surface area contributed by atoms with Crippen molar-refractivity contribution in [3.8, 4) is 11.5 Å². The molecular weight excluding hydrogens is 423 g/mol. The quantitative estimate of drug-likeness (QED) is 0.517.